The molecule has 0 amide bonds. The molecule has 0 bridgehead atoms. The number of benzene rings is 1. The lowest BCUT2D eigenvalue weighted by molar-refractivity contribution is 0.432. The number of hydrogen-bond acceptors (Lipinski definition) is 4. The van der Waals surface area contributed by atoms with Crippen molar-refractivity contribution in [2.75, 3.05) is 5.32 Å². The molecule has 2 N–H and O–H groups in total. The first-order valence-corrected chi connectivity index (χ1v) is 7.29. The van der Waals surface area contributed by atoms with Gasteiger partial charge in [0.05, 0.1) is 0 Å². The summed E-state index contributed by atoms with van der Waals surface area (Å²) < 4.78 is 15.4. The summed E-state index contributed by atoms with van der Waals surface area (Å²) in [5.41, 5.74) is 0.590. The molecule has 1 atom stereocenters. The average molecular weight is 303 g/mol. The van der Waals surface area contributed by atoms with Crippen LogP contribution < -0.4 is 5.32 Å². The summed E-state index contributed by atoms with van der Waals surface area (Å²) in [7, 11) is 1.92. The number of thiophene rings is 1. The van der Waals surface area contributed by atoms with Crippen LogP contribution in [0.1, 0.15) is 16.7 Å². The highest BCUT2D eigenvalue weighted by atomic mass is 32.1. The summed E-state index contributed by atoms with van der Waals surface area (Å²) in [5, 5.41) is 14.5. The van der Waals surface area contributed by atoms with E-state index in [-0.39, 0.29) is 11.8 Å². The van der Waals surface area contributed by atoms with Crippen LogP contribution in [0.15, 0.2) is 48.1 Å². The highest BCUT2D eigenvalue weighted by molar-refractivity contribution is 7.10. The first kappa shape index (κ1) is 13.6. The number of phenols is 1. The molecule has 21 heavy (non-hydrogen) atoms. The molecule has 0 aliphatic heterocycles. The van der Waals surface area contributed by atoms with Gasteiger partial charge in [-0.25, -0.2) is 9.37 Å². The van der Waals surface area contributed by atoms with Crippen LogP contribution in [0.2, 0.25) is 0 Å². The molecule has 2 heterocycles. The Kier molecular flexibility index (Phi) is 3.62. The third-order valence-corrected chi connectivity index (χ3v) is 4.14. The molecule has 0 spiro atoms. The van der Waals surface area contributed by atoms with Crippen LogP contribution >= 0.6 is 11.3 Å². The molecule has 3 aromatic rings. The second-order valence-corrected chi connectivity index (χ2v) is 5.63. The van der Waals surface area contributed by atoms with E-state index in [1.165, 1.54) is 12.1 Å². The Balaban J connectivity index is 1.97. The van der Waals surface area contributed by atoms with Gasteiger partial charge in [-0.3, -0.25) is 0 Å². The summed E-state index contributed by atoms with van der Waals surface area (Å²) in [6.45, 7) is 0. The van der Waals surface area contributed by atoms with Crippen molar-refractivity contribution >= 4 is 17.0 Å². The lowest BCUT2D eigenvalue weighted by Gasteiger charge is -2.18. The lowest BCUT2D eigenvalue weighted by Crippen LogP contribution is -2.15. The normalized spacial score (nSPS) is 12.3. The molecular formula is C15H14FN3OS. The van der Waals surface area contributed by atoms with Gasteiger partial charge in [-0.05, 0) is 23.6 Å². The maximum absolute atomic E-state index is 13.5. The number of halogens is 1. The van der Waals surface area contributed by atoms with Crippen LogP contribution in [0.4, 0.5) is 10.1 Å². The van der Waals surface area contributed by atoms with E-state index in [0.717, 1.165) is 10.7 Å². The minimum atomic E-state index is -0.648. The number of aromatic hydroxyl groups is 1. The Bertz CT molecular complexity index is 739. The number of aromatic nitrogens is 2. The van der Waals surface area contributed by atoms with Gasteiger partial charge in [0.2, 0.25) is 0 Å². The van der Waals surface area contributed by atoms with Gasteiger partial charge in [0, 0.05) is 36.1 Å². The molecule has 0 fully saturated rings. The van der Waals surface area contributed by atoms with Crippen LogP contribution in [-0.4, -0.2) is 14.7 Å². The minimum Gasteiger partial charge on any atom is -0.505 e. The third kappa shape index (κ3) is 2.75. The van der Waals surface area contributed by atoms with E-state index in [0.29, 0.717) is 5.69 Å². The first-order chi connectivity index (χ1) is 10.1. The van der Waals surface area contributed by atoms with Crippen LogP contribution in [0.25, 0.3) is 0 Å². The Morgan fingerprint density at radius 3 is 2.86 bits per heavy atom. The van der Waals surface area contributed by atoms with Crippen LogP contribution in [-0.2, 0) is 7.05 Å². The largest absolute Gasteiger partial charge is 0.505 e. The number of phenolic OH excluding ortho intramolecular Hbond substituents is 1. The fraction of sp³-hybridized carbons (Fsp3) is 0.133. The Morgan fingerprint density at radius 1 is 1.38 bits per heavy atom. The van der Waals surface area contributed by atoms with Gasteiger partial charge < -0.3 is 15.0 Å². The highest BCUT2D eigenvalue weighted by Gasteiger charge is 2.19. The number of nitrogens with zero attached hydrogens (tertiary/aromatic N) is 2. The van der Waals surface area contributed by atoms with Gasteiger partial charge in [-0.2, -0.15) is 0 Å². The van der Waals surface area contributed by atoms with Crippen molar-refractivity contribution in [3.8, 4) is 5.75 Å². The van der Waals surface area contributed by atoms with Crippen molar-refractivity contribution in [3.05, 3.63) is 64.6 Å². The van der Waals surface area contributed by atoms with Crippen molar-refractivity contribution in [1.82, 2.24) is 9.55 Å². The number of imidazole rings is 1. The second-order valence-electron chi connectivity index (χ2n) is 4.66. The van der Waals surface area contributed by atoms with Crippen LogP contribution in [0.5, 0.6) is 5.75 Å². The third-order valence-electron chi connectivity index (χ3n) is 3.20. The minimum absolute atomic E-state index is 0.172. The molecule has 0 saturated carbocycles. The lowest BCUT2D eigenvalue weighted by atomic mass is 10.2. The highest BCUT2D eigenvalue weighted by Crippen LogP contribution is 2.30. The topological polar surface area (TPSA) is 50.1 Å². The van der Waals surface area contributed by atoms with Crippen molar-refractivity contribution in [3.63, 3.8) is 0 Å². The molecule has 1 unspecified atom stereocenters. The molecule has 0 aliphatic rings. The summed E-state index contributed by atoms with van der Waals surface area (Å²) in [6.07, 6.45) is 3.60. The molecule has 2 aromatic heterocycles. The Morgan fingerprint density at radius 2 is 2.24 bits per heavy atom. The predicted octanol–water partition coefficient (Wildman–Crippen LogP) is 3.53. The smallest absolute Gasteiger partial charge is 0.166 e. The SMILES string of the molecule is Cn1ccnc1C(Nc1ccc(O)c(F)c1)c1cccs1. The van der Waals surface area contributed by atoms with Gasteiger partial charge >= 0.3 is 0 Å². The van der Waals surface area contributed by atoms with E-state index >= 15 is 0 Å². The molecule has 0 radical (unpaired) electrons. The monoisotopic (exact) mass is 303 g/mol. The van der Waals surface area contributed by atoms with Crippen molar-refractivity contribution in [2.24, 2.45) is 7.05 Å². The van der Waals surface area contributed by atoms with Gasteiger partial charge in [0.15, 0.2) is 11.6 Å². The summed E-state index contributed by atoms with van der Waals surface area (Å²) in [6, 6.07) is 8.06. The molecule has 3 rings (SSSR count). The van der Waals surface area contributed by atoms with Crippen molar-refractivity contribution in [1.29, 1.82) is 0 Å². The molecule has 6 heteroatoms. The number of hydrogen-bond donors (Lipinski definition) is 2. The number of aryl methyl sites for hydroxylation is 1. The average Bonchev–Trinajstić information content (AvgIpc) is 3.12. The molecular weight excluding hydrogens is 289 g/mol. The van der Waals surface area contributed by atoms with Crippen LogP contribution in [0, 0.1) is 5.82 Å². The zero-order valence-corrected chi connectivity index (χ0v) is 12.1. The van der Waals surface area contributed by atoms with Crippen LogP contribution in [0.3, 0.4) is 0 Å². The zero-order chi connectivity index (χ0) is 14.8. The molecule has 1 aromatic carbocycles. The van der Waals surface area contributed by atoms with Gasteiger partial charge in [-0.1, -0.05) is 6.07 Å². The molecule has 4 nitrogen and oxygen atoms in total. The van der Waals surface area contributed by atoms with E-state index in [9.17, 15) is 9.50 Å². The maximum atomic E-state index is 13.5. The van der Waals surface area contributed by atoms with E-state index in [2.05, 4.69) is 10.3 Å². The van der Waals surface area contributed by atoms with E-state index < -0.39 is 5.82 Å². The van der Waals surface area contributed by atoms with Gasteiger partial charge in [0.25, 0.3) is 0 Å². The number of anilines is 1. The Labute approximate surface area is 125 Å². The standard InChI is InChI=1S/C15H14FN3OS/c1-19-7-6-17-15(19)14(13-3-2-8-21-13)18-10-4-5-12(20)11(16)9-10/h2-9,14,18,20H,1H3. The summed E-state index contributed by atoms with van der Waals surface area (Å²) in [5.74, 6) is -0.166. The zero-order valence-electron chi connectivity index (χ0n) is 11.3. The van der Waals surface area contributed by atoms with Crippen molar-refractivity contribution < 1.29 is 9.50 Å². The first-order valence-electron chi connectivity index (χ1n) is 6.41. The second kappa shape index (κ2) is 5.57. The Hall–Kier alpha value is -2.34. The van der Waals surface area contributed by atoms with E-state index in [4.69, 9.17) is 0 Å². The molecule has 0 aliphatic carbocycles. The number of nitrogens with one attached hydrogen (secondary N) is 1. The van der Waals surface area contributed by atoms with E-state index in [1.54, 1.807) is 23.6 Å². The maximum Gasteiger partial charge on any atom is 0.166 e. The van der Waals surface area contributed by atoms with Crippen molar-refractivity contribution in [2.45, 2.75) is 6.04 Å². The predicted molar refractivity (Wildman–Crippen MR) is 81.1 cm³/mol. The quantitative estimate of drug-likeness (QED) is 0.725. The summed E-state index contributed by atoms with van der Waals surface area (Å²) in [4.78, 5) is 5.45. The fourth-order valence-corrected chi connectivity index (χ4v) is 2.91. The number of rotatable bonds is 4. The molecule has 108 valence electrons. The fourth-order valence-electron chi connectivity index (χ4n) is 2.14. The van der Waals surface area contributed by atoms with Gasteiger partial charge in [-0.15, -0.1) is 11.3 Å². The van der Waals surface area contributed by atoms with Gasteiger partial charge in [0.1, 0.15) is 11.9 Å². The summed E-state index contributed by atoms with van der Waals surface area (Å²) >= 11 is 1.61. The molecule has 0 saturated heterocycles. The van der Waals surface area contributed by atoms with E-state index in [1.807, 2.05) is 35.3 Å².